The van der Waals surface area contributed by atoms with Gasteiger partial charge in [0.1, 0.15) is 58.6 Å². The largest absolute Gasteiger partial charge is 0.396 e. The molecule has 0 radical (unpaired) electrons. The normalized spacial score (nSPS) is 31.7. The van der Waals surface area contributed by atoms with Crippen LogP contribution in [0.25, 0.3) is 22.2 Å². The number of aliphatic hydroxyl groups excluding tert-OH is 4. The first kappa shape index (κ1) is 27.8. The zero-order valence-electron chi connectivity index (χ0n) is 21.0. The number of hydrogen-bond donors (Lipinski definition) is 8. The number of anilines is 1. The average Bonchev–Trinajstić information content (AvgIpc) is 3.70. The summed E-state index contributed by atoms with van der Waals surface area (Å²) in [5.41, 5.74) is 4.14. The summed E-state index contributed by atoms with van der Waals surface area (Å²) in [5, 5.41) is 48.3. The van der Waals surface area contributed by atoms with Crippen LogP contribution >= 0.6 is 7.60 Å². The molecule has 1 unspecified atom stereocenters. The fourth-order valence-electron chi connectivity index (χ4n) is 5.19. The Balaban J connectivity index is 1.24. The van der Waals surface area contributed by atoms with Crippen molar-refractivity contribution in [2.75, 3.05) is 18.9 Å². The number of nitrogens with zero attached hydrogens (tertiary/aromatic N) is 6. The van der Waals surface area contributed by atoms with E-state index in [4.69, 9.17) is 19.7 Å². The lowest BCUT2D eigenvalue weighted by Crippen LogP contribution is -2.35. The summed E-state index contributed by atoms with van der Waals surface area (Å²) in [4.78, 5) is 41.7. The Morgan fingerprint density at radius 3 is 2.66 bits per heavy atom. The van der Waals surface area contributed by atoms with Gasteiger partial charge in [-0.3, -0.25) is 19.0 Å². The van der Waals surface area contributed by atoms with E-state index in [2.05, 4.69) is 35.1 Å². The van der Waals surface area contributed by atoms with E-state index >= 15 is 0 Å². The first-order chi connectivity index (χ1) is 19.6. The molecule has 20 heteroatoms. The molecule has 6 rings (SSSR count). The van der Waals surface area contributed by atoms with Crippen molar-refractivity contribution >= 4 is 35.6 Å². The fraction of sp³-hybridized carbons (Fsp3) is 0.524. The van der Waals surface area contributed by atoms with Crippen LogP contribution in [0.5, 0.6) is 0 Å². The maximum atomic E-state index is 13.6. The Kier molecular flexibility index (Phi) is 7.09. The topological polar surface area (TPSA) is 290 Å². The number of H-pyrrole nitrogens is 2. The Bertz CT molecular complexity index is 1680. The van der Waals surface area contributed by atoms with Crippen molar-refractivity contribution in [3.05, 3.63) is 35.0 Å². The van der Waals surface area contributed by atoms with Crippen LogP contribution in [0.3, 0.4) is 0 Å². The van der Waals surface area contributed by atoms with Gasteiger partial charge in [-0.2, -0.15) is 5.10 Å². The van der Waals surface area contributed by atoms with Crippen LogP contribution in [0.4, 0.5) is 5.82 Å². The van der Waals surface area contributed by atoms with E-state index < -0.39 is 74.9 Å². The van der Waals surface area contributed by atoms with Gasteiger partial charge < -0.3 is 50.0 Å². The van der Waals surface area contributed by atoms with Crippen LogP contribution in [-0.2, 0) is 18.6 Å². The number of aliphatic hydroxyl groups is 4. The van der Waals surface area contributed by atoms with Gasteiger partial charge in [0.05, 0.1) is 31.5 Å². The quantitative estimate of drug-likeness (QED) is 0.0972. The molecule has 41 heavy (non-hydrogen) atoms. The highest BCUT2D eigenvalue weighted by atomic mass is 31.2. The number of rotatable bonds is 8. The number of aromatic amines is 2. The molecule has 0 saturated carbocycles. The summed E-state index contributed by atoms with van der Waals surface area (Å²) in [6.45, 7) is -1.07. The molecule has 19 nitrogen and oxygen atoms in total. The first-order valence-electron chi connectivity index (χ1n) is 12.4. The van der Waals surface area contributed by atoms with Gasteiger partial charge in [-0.15, -0.1) is 0 Å². The van der Waals surface area contributed by atoms with Crippen LogP contribution in [0, 0.1) is 0 Å². The second kappa shape index (κ2) is 10.5. The maximum Gasteiger partial charge on any atom is 0.337 e. The molecule has 0 bridgehead atoms. The summed E-state index contributed by atoms with van der Waals surface area (Å²) < 4.78 is 31.9. The number of ether oxygens (including phenoxy) is 2. The summed E-state index contributed by atoms with van der Waals surface area (Å²) in [5.74, 6) is 0.0961. The van der Waals surface area contributed by atoms with E-state index in [-0.39, 0.29) is 40.1 Å². The maximum absolute atomic E-state index is 13.6. The molecule has 0 aromatic carbocycles. The molecule has 4 aromatic rings. The molecule has 2 saturated heterocycles. The van der Waals surface area contributed by atoms with Crippen LogP contribution in [0.1, 0.15) is 24.4 Å². The summed E-state index contributed by atoms with van der Waals surface area (Å²) >= 11 is 0. The lowest BCUT2D eigenvalue weighted by Gasteiger charge is -2.26. The molecule has 6 heterocycles. The molecule has 2 aliphatic rings. The summed E-state index contributed by atoms with van der Waals surface area (Å²) in [6.07, 6.45) is -6.03. The van der Waals surface area contributed by atoms with E-state index in [0.717, 1.165) is 6.33 Å². The molecular weight excluding hydrogens is 569 g/mol. The molecule has 9 N–H and O–H groups in total. The first-order valence-corrected chi connectivity index (χ1v) is 14.0. The monoisotopic (exact) mass is 595 g/mol. The van der Waals surface area contributed by atoms with Crippen LogP contribution in [0.15, 0.2) is 23.8 Å². The Hall–Kier alpha value is -3.39. The van der Waals surface area contributed by atoms with Crippen molar-refractivity contribution in [2.45, 2.75) is 54.9 Å². The highest BCUT2D eigenvalue weighted by molar-refractivity contribution is 7.53. The number of nitrogens with one attached hydrogen (secondary N) is 2. The molecule has 2 fully saturated rings. The molecule has 220 valence electrons. The smallest absolute Gasteiger partial charge is 0.337 e. The predicted octanol–water partition coefficient (Wildman–Crippen LogP) is -2.56. The van der Waals surface area contributed by atoms with Crippen molar-refractivity contribution in [1.82, 2.24) is 39.7 Å². The number of fused-ring (bicyclic) bond motifs is 2. The minimum Gasteiger partial charge on any atom is -0.396 e. The van der Waals surface area contributed by atoms with Gasteiger partial charge in [-0.25, -0.2) is 19.9 Å². The molecule has 0 amide bonds. The standard InChI is InChI=1S/C21H26N9O10P/c22-18-12-19(25-5-24-18)30(6-27-12)21-15(34)13(32)8(40-21)3-38-41(36,37)17-14(33)7(1-2-31)39-16(17)10-9-11(29-28-10)20(35)26-4-23-9/h4-8,13-17,21,31-34H,1-3H2,(H,28,29)(H,36,37)(H2,22,24,25)(H,23,26,35)/t7-,8-,13-,14-,15-,16+,17-,21-/m1/s1. The number of nitrogens with two attached hydrogens (primary N) is 1. The van der Waals surface area contributed by atoms with Crippen molar-refractivity contribution in [3.63, 3.8) is 0 Å². The fourth-order valence-corrected chi connectivity index (χ4v) is 6.85. The van der Waals surface area contributed by atoms with Gasteiger partial charge in [0.25, 0.3) is 5.56 Å². The summed E-state index contributed by atoms with van der Waals surface area (Å²) in [6, 6.07) is 0. The lowest BCUT2D eigenvalue weighted by atomic mass is 10.1. The van der Waals surface area contributed by atoms with Gasteiger partial charge in [0.15, 0.2) is 17.7 Å². The van der Waals surface area contributed by atoms with E-state index in [1.165, 1.54) is 17.2 Å². The van der Waals surface area contributed by atoms with Crippen LogP contribution in [-0.4, -0.2) is 114 Å². The molecule has 4 aromatic heterocycles. The van der Waals surface area contributed by atoms with Gasteiger partial charge in [-0.1, -0.05) is 0 Å². The van der Waals surface area contributed by atoms with Gasteiger partial charge in [0.2, 0.25) is 0 Å². The molecule has 0 spiro atoms. The number of imidazole rings is 1. The third kappa shape index (κ3) is 4.60. The Morgan fingerprint density at radius 2 is 1.88 bits per heavy atom. The number of aromatic nitrogens is 8. The van der Waals surface area contributed by atoms with E-state index in [1.807, 2.05) is 0 Å². The second-order valence-corrected chi connectivity index (χ2v) is 11.6. The zero-order valence-corrected chi connectivity index (χ0v) is 21.9. The van der Waals surface area contributed by atoms with E-state index in [1.54, 1.807) is 0 Å². The highest BCUT2D eigenvalue weighted by Gasteiger charge is 2.56. The SMILES string of the molecule is Nc1ncnc2c1ncn2[C@@H]1O[C@H](COP(=O)(O)[C@@H]2[C@H](O)[C@@H](CCO)O[C@H]2c2n[nH]c3c(=O)[nH]cnc23)[C@@H](O)[C@H]1O. The van der Waals surface area contributed by atoms with Gasteiger partial charge in [-0.05, 0) is 6.42 Å². The minimum atomic E-state index is -4.82. The second-order valence-electron chi connectivity index (χ2n) is 9.64. The third-order valence-electron chi connectivity index (χ3n) is 7.23. The van der Waals surface area contributed by atoms with Crippen LogP contribution in [0.2, 0.25) is 0 Å². The van der Waals surface area contributed by atoms with E-state index in [0.29, 0.717) is 0 Å². The van der Waals surface area contributed by atoms with Gasteiger partial charge >= 0.3 is 7.60 Å². The number of hydrogen-bond acceptors (Lipinski definition) is 15. The van der Waals surface area contributed by atoms with Crippen molar-refractivity contribution in [3.8, 4) is 0 Å². The molecular formula is C21H26N9O10P. The lowest BCUT2D eigenvalue weighted by molar-refractivity contribution is -0.0490. The van der Waals surface area contributed by atoms with Crippen molar-refractivity contribution < 1.29 is 43.9 Å². The van der Waals surface area contributed by atoms with Crippen molar-refractivity contribution in [1.29, 1.82) is 0 Å². The van der Waals surface area contributed by atoms with Crippen molar-refractivity contribution in [2.24, 2.45) is 0 Å². The highest BCUT2D eigenvalue weighted by Crippen LogP contribution is 2.59. The molecule has 9 atom stereocenters. The minimum absolute atomic E-state index is 0.0137. The zero-order chi connectivity index (χ0) is 29.1. The average molecular weight is 595 g/mol. The van der Waals surface area contributed by atoms with Crippen LogP contribution < -0.4 is 11.3 Å². The molecule has 2 aliphatic heterocycles. The third-order valence-corrected chi connectivity index (χ3v) is 9.08. The van der Waals surface area contributed by atoms with E-state index in [9.17, 15) is 34.7 Å². The molecule has 0 aliphatic carbocycles. The predicted molar refractivity (Wildman–Crippen MR) is 135 cm³/mol. The number of nitrogen functional groups attached to an aromatic ring is 1. The summed E-state index contributed by atoms with van der Waals surface area (Å²) in [7, 11) is -4.82. The Morgan fingerprint density at radius 1 is 1.07 bits per heavy atom. The Labute approximate surface area is 228 Å². The van der Waals surface area contributed by atoms with Gasteiger partial charge in [0, 0.05) is 6.61 Å².